The Morgan fingerprint density at radius 3 is 2.68 bits per heavy atom. The molecule has 1 aliphatic rings. The highest BCUT2D eigenvalue weighted by molar-refractivity contribution is 9.10. The minimum absolute atomic E-state index is 0.00381. The Morgan fingerprint density at radius 1 is 1.24 bits per heavy atom. The summed E-state index contributed by atoms with van der Waals surface area (Å²) < 4.78 is 15.1. The maximum Gasteiger partial charge on any atom is 0.318 e. The number of nitrogens with zero attached hydrogens (tertiary/aromatic N) is 1. The lowest BCUT2D eigenvalue weighted by atomic mass is 9.98. The molecule has 0 radical (unpaired) electrons. The van der Waals surface area contributed by atoms with Crippen LogP contribution in [0.4, 0.5) is 9.18 Å². The SMILES string of the molecule is O=C1CN(C(=O)NC(c2ccccc2)c2ccc(Br)cc2F)CCN1. The molecule has 1 fully saturated rings. The van der Waals surface area contributed by atoms with Crippen molar-refractivity contribution in [2.24, 2.45) is 0 Å². The number of nitrogens with one attached hydrogen (secondary N) is 2. The Labute approximate surface area is 153 Å². The smallest absolute Gasteiger partial charge is 0.318 e. The number of hydrogen-bond donors (Lipinski definition) is 2. The molecule has 3 amide bonds. The second-order valence-electron chi connectivity index (χ2n) is 5.73. The van der Waals surface area contributed by atoms with E-state index in [4.69, 9.17) is 0 Å². The van der Waals surface area contributed by atoms with Crippen molar-refractivity contribution in [2.45, 2.75) is 6.04 Å². The molecule has 3 rings (SSSR count). The first kappa shape index (κ1) is 17.4. The molecule has 1 heterocycles. The van der Waals surface area contributed by atoms with Gasteiger partial charge in [0.05, 0.1) is 6.04 Å². The topological polar surface area (TPSA) is 61.4 Å². The van der Waals surface area contributed by atoms with Gasteiger partial charge in [0.1, 0.15) is 12.4 Å². The van der Waals surface area contributed by atoms with Crippen LogP contribution in [0.2, 0.25) is 0 Å². The molecule has 1 atom stereocenters. The van der Waals surface area contributed by atoms with Gasteiger partial charge in [-0.1, -0.05) is 52.3 Å². The van der Waals surface area contributed by atoms with Gasteiger partial charge in [-0.25, -0.2) is 9.18 Å². The fourth-order valence-corrected chi connectivity index (χ4v) is 3.08. The first-order valence-electron chi connectivity index (χ1n) is 7.86. The van der Waals surface area contributed by atoms with Gasteiger partial charge in [-0.2, -0.15) is 0 Å². The lowest BCUT2D eigenvalue weighted by molar-refractivity contribution is -0.123. The Balaban J connectivity index is 1.89. The number of rotatable bonds is 3. The number of carbonyl (C=O) groups excluding carboxylic acids is 2. The van der Waals surface area contributed by atoms with Crippen LogP contribution in [0.3, 0.4) is 0 Å². The van der Waals surface area contributed by atoms with Crippen LogP contribution in [0.5, 0.6) is 0 Å². The summed E-state index contributed by atoms with van der Waals surface area (Å²) in [5.74, 6) is -0.618. The molecule has 2 aromatic carbocycles. The molecule has 25 heavy (non-hydrogen) atoms. The second-order valence-corrected chi connectivity index (χ2v) is 6.65. The lowest BCUT2D eigenvalue weighted by Crippen LogP contribution is -2.53. The highest BCUT2D eigenvalue weighted by Gasteiger charge is 2.26. The molecule has 2 aromatic rings. The predicted octanol–water partition coefficient (Wildman–Crippen LogP) is 2.82. The van der Waals surface area contributed by atoms with Crippen molar-refractivity contribution in [3.05, 3.63) is 69.9 Å². The normalized spacial score (nSPS) is 15.4. The summed E-state index contributed by atoms with van der Waals surface area (Å²) in [7, 11) is 0. The zero-order valence-corrected chi connectivity index (χ0v) is 14.9. The Morgan fingerprint density at radius 2 is 2.00 bits per heavy atom. The molecule has 130 valence electrons. The molecule has 1 saturated heterocycles. The van der Waals surface area contributed by atoms with Gasteiger partial charge in [-0.3, -0.25) is 4.79 Å². The third-order valence-corrected chi connectivity index (χ3v) is 4.49. The van der Waals surface area contributed by atoms with Gasteiger partial charge in [-0.05, 0) is 17.7 Å². The maximum atomic E-state index is 14.5. The van der Waals surface area contributed by atoms with Crippen molar-refractivity contribution >= 4 is 27.9 Å². The Kier molecular flexibility index (Phi) is 5.33. The van der Waals surface area contributed by atoms with Crippen LogP contribution in [-0.4, -0.2) is 36.5 Å². The summed E-state index contributed by atoms with van der Waals surface area (Å²) in [6.07, 6.45) is 0. The van der Waals surface area contributed by atoms with E-state index >= 15 is 0 Å². The molecule has 0 aliphatic carbocycles. The fraction of sp³-hybridized carbons (Fsp3) is 0.222. The highest BCUT2D eigenvalue weighted by atomic mass is 79.9. The number of piperazine rings is 1. The van der Waals surface area contributed by atoms with Crippen LogP contribution in [-0.2, 0) is 4.79 Å². The highest BCUT2D eigenvalue weighted by Crippen LogP contribution is 2.27. The standard InChI is InChI=1S/C18H17BrFN3O2/c19-13-6-7-14(15(20)10-13)17(12-4-2-1-3-5-12)22-18(25)23-9-8-21-16(24)11-23/h1-7,10,17H,8-9,11H2,(H,21,24)(H,22,25). The minimum Gasteiger partial charge on any atom is -0.353 e. The van der Waals surface area contributed by atoms with Crippen LogP contribution >= 0.6 is 15.9 Å². The van der Waals surface area contributed by atoms with Gasteiger partial charge in [-0.15, -0.1) is 0 Å². The van der Waals surface area contributed by atoms with E-state index in [1.54, 1.807) is 12.1 Å². The number of halogens is 2. The van der Waals surface area contributed by atoms with Gasteiger partial charge < -0.3 is 15.5 Å². The van der Waals surface area contributed by atoms with Crippen molar-refractivity contribution in [3.8, 4) is 0 Å². The van der Waals surface area contributed by atoms with Gasteiger partial charge >= 0.3 is 6.03 Å². The molecule has 2 N–H and O–H groups in total. The van der Waals surface area contributed by atoms with E-state index in [0.717, 1.165) is 5.56 Å². The molecular weight excluding hydrogens is 389 g/mol. The van der Waals surface area contributed by atoms with Crippen LogP contribution in [0.1, 0.15) is 17.2 Å². The maximum absolute atomic E-state index is 14.5. The monoisotopic (exact) mass is 405 g/mol. The average Bonchev–Trinajstić information content (AvgIpc) is 2.61. The van der Waals surface area contributed by atoms with Gasteiger partial charge in [0.2, 0.25) is 5.91 Å². The first-order chi connectivity index (χ1) is 12.0. The van der Waals surface area contributed by atoms with E-state index in [1.165, 1.54) is 11.0 Å². The fourth-order valence-electron chi connectivity index (χ4n) is 2.75. The van der Waals surface area contributed by atoms with Crippen molar-refractivity contribution < 1.29 is 14.0 Å². The predicted molar refractivity (Wildman–Crippen MR) is 95.5 cm³/mol. The zero-order valence-electron chi connectivity index (χ0n) is 13.3. The number of urea groups is 1. The van der Waals surface area contributed by atoms with Gasteiger partial charge in [0, 0.05) is 23.1 Å². The number of carbonyl (C=O) groups is 2. The van der Waals surface area contributed by atoms with Gasteiger partial charge in [0.25, 0.3) is 0 Å². The lowest BCUT2D eigenvalue weighted by Gasteiger charge is -2.29. The number of hydrogen-bond acceptors (Lipinski definition) is 2. The van der Waals surface area contributed by atoms with Crippen molar-refractivity contribution in [2.75, 3.05) is 19.6 Å². The van der Waals surface area contributed by atoms with Crippen molar-refractivity contribution in [3.63, 3.8) is 0 Å². The zero-order chi connectivity index (χ0) is 17.8. The third-order valence-electron chi connectivity index (χ3n) is 4.00. The van der Waals surface area contributed by atoms with E-state index in [9.17, 15) is 14.0 Å². The van der Waals surface area contributed by atoms with Crippen molar-refractivity contribution in [1.82, 2.24) is 15.5 Å². The van der Waals surface area contributed by atoms with Crippen LogP contribution < -0.4 is 10.6 Å². The third kappa shape index (κ3) is 4.17. The first-order valence-corrected chi connectivity index (χ1v) is 8.66. The molecule has 7 heteroatoms. The van der Waals surface area contributed by atoms with E-state index in [1.807, 2.05) is 30.3 Å². The van der Waals surface area contributed by atoms with E-state index < -0.39 is 17.9 Å². The molecule has 0 aromatic heterocycles. The Hall–Kier alpha value is -2.41. The van der Waals surface area contributed by atoms with Crippen LogP contribution in [0, 0.1) is 5.82 Å². The van der Waals surface area contributed by atoms with E-state index in [2.05, 4.69) is 26.6 Å². The second kappa shape index (κ2) is 7.65. The molecular formula is C18H17BrFN3O2. The van der Waals surface area contributed by atoms with E-state index in [-0.39, 0.29) is 12.5 Å². The molecule has 0 spiro atoms. The quantitative estimate of drug-likeness (QED) is 0.824. The minimum atomic E-state index is -0.646. The summed E-state index contributed by atoms with van der Waals surface area (Å²) >= 11 is 3.24. The summed E-state index contributed by atoms with van der Waals surface area (Å²) in [6, 6.07) is 12.9. The van der Waals surface area contributed by atoms with Crippen LogP contribution in [0.15, 0.2) is 53.0 Å². The average molecular weight is 406 g/mol. The molecule has 5 nitrogen and oxygen atoms in total. The molecule has 1 unspecified atom stereocenters. The van der Waals surface area contributed by atoms with Gasteiger partial charge in [0.15, 0.2) is 0 Å². The molecule has 1 aliphatic heterocycles. The Bertz CT molecular complexity index is 785. The summed E-state index contributed by atoms with van der Waals surface area (Å²) in [5.41, 5.74) is 1.13. The van der Waals surface area contributed by atoms with E-state index in [0.29, 0.717) is 23.1 Å². The summed E-state index contributed by atoms with van der Waals surface area (Å²) in [5, 5.41) is 5.52. The largest absolute Gasteiger partial charge is 0.353 e. The van der Waals surface area contributed by atoms with Crippen molar-refractivity contribution in [1.29, 1.82) is 0 Å². The molecule has 0 bridgehead atoms. The summed E-state index contributed by atoms with van der Waals surface area (Å²) in [6.45, 7) is 0.826. The number of amides is 3. The number of benzene rings is 2. The summed E-state index contributed by atoms with van der Waals surface area (Å²) in [4.78, 5) is 25.5. The van der Waals surface area contributed by atoms with Crippen LogP contribution in [0.25, 0.3) is 0 Å². The molecule has 0 saturated carbocycles.